The Labute approximate surface area is 169 Å². The van der Waals surface area contributed by atoms with Crippen LogP contribution >= 0.6 is 11.8 Å². The molecule has 1 amide bonds. The van der Waals surface area contributed by atoms with Crippen LogP contribution in [0, 0.1) is 12.8 Å². The number of nitrogens with zero attached hydrogens (tertiary/aromatic N) is 2. The first kappa shape index (κ1) is 18.6. The van der Waals surface area contributed by atoms with E-state index in [0.717, 1.165) is 27.7 Å². The second kappa shape index (κ2) is 7.72. The Morgan fingerprint density at radius 1 is 1.18 bits per heavy atom. The van der Waals surface area contributed by atoms with Crippen LogP contribution in [-0.4, -0.2) is 29.3 Å². The number of aryl methyl sites for hydroxylation is 1. The van der Waals surface area contributed by atoms with Gasteiger partial charge >= 0.3 is 0 Å². The molecule has 0 bridgehead atoms. The number of carbonyl (C=O) groups is 1. The summed E-state index contributed by atoms with van der Waals surface area (Å²) in [4.78, 5) is 20.2. The lowest BCUT2D eigenvalue weighted by Gasteiger charge is -2.17. The van der Waals surface area contributed by atoms with Crippen LogP contribution in [0.15, 0.2) is 52.4 Å². The molecule has 0 unspecified atom stereocenters. The van der Waals surface area contributed by atoms with E-state index in [2.05, 4.69) is 13.8 Å². The maximum Gasteiger partial charge on any atom is 0.266 e. The number of hydrogen-bond acceptors (Lipinski definition) is 5. The third-order valence-corrected chi connectivity index (χ3v) is 5.47. The Kier molecular flexibility index (Phi) is 5.13. The fourth-order valence-corrected chi connectivity index (χ4v) is 4.09. The molecule has 2 heterocycles. The number of aliphatic imine (C=N–C) groups is 1. The van der Waals surface area contributed by atoms with Crippen molar-refractivity contribution < 1.29 is 14.3 Å². The number of benzene rings is 2. The number of carbonyl (C=O) groups excluding carboxylic acids is 1. The van der Waals surface area contributed by atoms with Crippen molar-refractivity contribution in [2.75, 3.05) is 13.3 Å². The highest BCUT2D eigenvalue weighted by Crippen LogP contribution is 2.38. The Hall–Kier alpha value is -2.73. The molecule has 4 rings (SSSR count). The summed E-state index contributed by atoms with van der Waals surface area (Å²) in [6.45, 7) is 7.07. The molecule has 5 nitrogen and oxygen atoms in total. The van der Waals surface area contributed by atoms with E-state index in [1.807, 2.05) is 55.5 Å². The number of ether oxygens (including phenoxy) is 2. The van der Waals surface area contributed by atoms with Gasteiger partial charge in [0.25, 0.3) is 5.91 Å². The molecule has 144 valence electrons. The molecule has 0 N–H and O–H groups in total. The Morgan fingerprint density at radius 3 is 2.61 bits per heavy atom. The fraction of sp³-hybridized carbons (Fsp3) is 0.273. The third kappa shape index (κ3) is 3.78. The zero-order chi connectivity index (χ0) is 19.7. The first-order chi connectivity index (χ1) is 13.5. The molecule has 28 heavy (non-hydrogen) atoms. The van der Waals surface area contributed by atoms with Crippen LogP contribution in [0.25, 0.3) is 6.08 Å². The van der Waals surface area contributed by atoms with E-state index in [-0.39, 0.29) is 12.7 Å². The normalized spacial score (nSPS) is 18.7. The molecular formula is C22H22N2O3S. The van der Waals surface area contributed by atoms with Gasteiger partial charge in [-0.25, -0.2) is 4.99 Å². The van der Waals surface area contributed by atoms with Crippen molar-refractivity contribution >= 4 is 34.6 Å². The van der Waals surface area contributed by atoms with E-state index in [9.17, 15) is 4.79 Å². The number of para-hydroxylation sites is 1. The van der Waals surface area contributed by atoms with Crippen molar-refractivity contribution in [1.82, 2.24) is 4.90 Å². The maximum absolute atomic E-state index is 13.1. The molecule has 2 aliphatic rings. The average Bonchev–Trinajstić information content (AvgIpc) is 3.22. The number of fused-ring (bicyclic) bond motifs is 1. The van der Waals surface area contributed by atoms with Crippen LogP contribution in [0.3, 0.4) is 0 Å². The smallest absolute Gasteiger partial charge is 0.266 e. The summed E-state index contributed by atoms with van der Waals surface area (Å²) in [5.74, 6) is 1.80. The second-order valence-corrected chi connectivity index (χ2v) is 8.22. The Bertz CT molecular complexity index is 967. The number of amidine groups is 1. The summed E-state index contributed by atoms with van der Waals surface area (Å²) in [5, 5.41) is 0.717. The monoisotopic (exact) mass is 394 g/mol. The van der Waals surface area contributed by atoms with Gasteiger partial charge in [-0.05, 0) is 66.1 Å². The predicted molar refractivity (Wildman–Crippen MR) is 113 cm³/mol. The average molecular weight is 394 g/mol. The van der Waals surface area contributed by atoms with Crippen LogP contribution in [0.2, 0.25) is 0 Å². The largest absolute Gasteiger partial charge is 0.454 e. The quantitative estimate of drug-likeness (QED) is 0.686. The van der Waals surface area contributed by atoms with Crippen molar-refractivity contribution in [2.24, 2.45) is 10.9 Å². The summed E-state index contributed by atoms with van der Waals surface area (Å²) in [6.07, 6.45) is 1.92. The Balaban J connectivity index is 1.69. The maximum atomic E-state index is 13.1. The zero-order valence-electron chi connectivity index (χ0n) is 16.1. The highest BCUT2D eigenvalue weighted by Gasteiger charge is 2.34. The minimum absolute atomic E-state index is 0.00884. The summed E-state index contributed by atoms with van der Waals surface area (Å²) >= 11 is 1.42. The van der Waals surface area contributed by atoms with Crippen molar-refractivity contribution in [3.8, 4) is 11.5 Å². The van der Waals surface area contributed by atoms with Gasteiger partial charge in [0.1, 0.15) is 0 Å². The van der Waals surface area contributed by atoms with Crippen molar-refractivity contribution in [3.63, 3.8) is 0 Å². The summed E-state index contributed by atoms with van der Waals surface area (Å²) < 4.78 is 10.9. The standard InChI is InChI=1S/C22H22N2O3S/c1-14(2)12-24-21(25)20(28-22(24)23-17-7-5-4-6-8-17)11-16-10-19-18(9-15(16)3)26-13-27-19/h4-11,14H,12-13H2,1-3H3/b20-11-,23-22?. The van der Waals surface area contributed by atoms with Crippen molar-refractivity contribution in [3.05, 3.63) is 58.5 Å². The highest BCUT2D eigenvalue weighted by atomic mass is 32.2. The van der Waals surface area contributed by atoms with E-state index in [1.54, 1.807) is 4.90 Å². The van der Waals surface area contributed by atoms with Crippen LogP contribution in [0.1, 0.15) is 25.0 Å². The van der Waals surface area contributed by atoms with Gasteiger partial charge in [0, 0.05) is 6.54 Å². The highest BCUT2D eigenvalue weighted by molar-refractivity contribution is 8.18. The number of hydrogen-bond donors (Lipinski definition) is 0. The van der Waals surface area contributed by atoms with Crippen LogP contribution in [0.5, 0.6) is 11.5 Å². The van der Waals surface area contributed by atoms with Gasteiger partial charge in [-0.3, -0.25) is 9.69 Å². The summed E-state index contributed by atoms with van der Waals surface area (Å²) in [7, 11) is 0. The Morgan fingerprint density at radius 2 is 1.89 bits per heavy atom. The lowest BCUT2D eigenvalue weighted by Crippen LogP contribution is -2.32. The summed E-state index contributed by atoms with van der Waals surface area (Å²) in [5.41, 5.74) is 2.83. The molecule has 6 heteroatoms. The van der Waals surface area contributed by atoms with Crippen molar-refractivity contribution in [1.29, 1.82) is 0 Å². The van der Waals surface area contributed by atoms with E-state index in [1.165, 1.54) is 11.8 Å². The first-order valence-electron chi connectivity index (χ1n) is 9.26. The van der Waals surface area contributed by atoms with Crippen LogP contribution in [0.4, 0.5) is 5.69 Å². The second-order valence-electron chi connectivity index (χ2n) is 7.21. The fourth-order valence-electron chi connectivity index (χ4n) is 3.09. The molecule has 2 aliphatic heterocycles. The van der Waals surface area contributed by atoms with Gasteiger partial charge in [-0.2, -0.15) is 0 Å². The lowest BCUT2D eigenvalue weighted by molar-refractivity contribution is -0.122. The van der Waals surface area contributed by atoms with Gasteiger partial charge < -0.3 is 9.47 Å². The van der Waals surface area contributed by atoms with Gasteiger partial charge in [-0.1, -0.05) is 32.0 Å². The van der Waals surface area contributed by atoms with Gasteiger partial charge in [-0.15, -0.1) is 0 Å². The number of amides is 1. The van der Waals surface area contributed by atoms with E-state index >= 15 is 0 Å². The molecule has 0 atom stereocenters. The molecule has 1 fully saturated rings. The molecule has 0 spiro atoms. The van der Waals surface area contributed by atoms with Crippen LogP contribution in [-0.2, 0) is 4.79 Å². The molecule has 0 aliphatic carbocycles. The summed E-state index contributed by atoms with van der Waals surface area (Å²) in [6, 6.07) is 13.6. The SMILES string of the molecule is Cc1cc2c(cc1/C=C1\SC(=Nc3ccccc3)N(CC(C)C)C1=O)OCO2. The number of thioether (sulfide) groups is 1. The van der Waals surface area contributed by atoms with Gasteiger partial charge in [0.2, 0.25) is 6.79 Å². The van der Waals surface area contributed by atoms with Gasteiger partial charge in [0.05, 0.1) is 10.6 Å². The van der Waals surface area contributed by atoms with E-state index in [4.69, 9.17) is 14.5 Å². The minimum atomic E-state index is -0.00884. The third-order valence-electron chi connectivity index (χ3n) is 4.46. The molecule has 0 saturated carbocycles. The molecular weight excluding hydrogens is 372 g/mol. The first-order valence-corrected chi connectivity index (χ1v) is 10.1. The van der Waals surface area contributed by atoms with E-state index in [0.29, 0.717) is 23.1 Å². The molecule has 0 aromatic heterocycles. The van der Waals surface area contributed by atoms with Crippen molar-refractivity contribution in [2.45, 2.75) is 20.8 Å². The van der Waals surface area contributed by atoms with Gasteiger partial charge in [0.15, 0.2) is 16.7 Å². The predicted octanol–water partition coefficient (Wildman–Crippen LogP) is 4.98. The minimum Gasteiger partial charge on any atom is -0.454 e. The lowest BCUT2D eigenvalue weighted by atomic mass is 10.1. The molecule has 2 aromatic carbocycles. The molecule has 0 radical (unpaired) electrons. The topological polar surface area (TPSA) is 51.1 Å². The van der Waals surface area contributed by atoms with E-state index < -0.39 is 0 Å². The molecule has 2 aromatic rings. The van der Waals surface area contributed by atoms with Crippen LogP contribution < -0.4 is 9.47 Å². The number of rotatable bonds is 4. The molecule has 1 saturated heterocycles. The zero-order valence-corrected chi connectivity index (χ0v) is 17.0.